The average molecular weight is 416 g/mol. The van der Waals surface area contributed by atoms with Crippen LogP contribution in [0.1, 0.15) is 22.3 Å². The first kappa shape index (κ1) is 18.4. The highest BCUT2D eigenvalue weighted by Gasteiger charge is 2.50. The van der Waals surface area contributed by atoms with Gasteiger partial charge in [0.2, 0.25) is 0 Å². The smallest absolute Gasteiger partial charge is 0.264 e. The second kappa shape index (κ2) is 7.05. The molecular weight excluding hydrogens is 398 g/mol. The number of hydrogen-bond donors (Lipinski definition) is 1. The Morgan fingerprint density at radius 1 is 1.35 bits per heavy atom. The molecule has 134 valence electrons. The van der Waals surface area contributed by atoms with Gasteiger partial charge in [0.1, 0.15) is 5.75 Å². The minimum atomic E-state index is -1.91. The molecule has 1 N–H and O–H groups in total. The van der Waals surface area contributed by atoms with Gasteiger partial charge in [-0.25, -0.2) is 0 Å². The molecule has 2 aromatic carbocycles. The van der Waals surface area contributed by atoms with Crippen LogP contribution >= 0.6 is 15.9 Å². The molecule has 0 aliphatic carbocycles. The first-order valence-electron chi connectivity index (χ1n) is 8.03. The molecular formula is C20H18BrNO4. The SMILES string of the molecule is C=CCN1C(=O)[C@](O)(CC(=O)c2cccc(OC)c2)c2cc(Br)ccc21. The first-order valence-corrected chi connectivity index (χ1v) is 8.82. The minimum Gasteiger partial charge on any atom is -0.497 e. The number of nitrogens with zero attached hydrogens (tertiary/aromatic N) is 1. The average Bonchev–Trinajstić information content (AvgIpc) is 2.84. The Morgan fingerprint density at radius 3 is 2.81 bits per heavy atom. The predicted molar refractivity (Wildman–Crippen MR) is 103 cm³/mol. The van der Waals surface area contributed by atoms with E-state index in [0.717, 1.165) is 4.47 Å². The maximum absolute atomic E-state index is 12.9. The maximum Gasteiger partial charge on any atom is 0.264 e. The third kappa shape index (κ3) is 3.06. The summed E-state index contributed by atoms with van der Waals surface area (Å²) in [5.41, 5.74) is -0.541. The lowest BCUT2D eigenvalue weighted by Gasteiger charge is -2.22. The van der Waals surface area contributed by atoms with Crippen LogP contribution in [0.3, 0.4) is 0 Å². The van der Waals surface area contributed by atoms with Gasteiger partial charge in [0.25, 0.3) is 5.91 Å². The lowest BCUT2D eigenvalue weighted by molar-refractivity contribution is -0.135. The number of anilines is 1. The minimum absolute atomic E-state index is 0.253. The Hall–Kier alpha value is -2.44. The van der Waals surface area contributed by atoms with Crippen LogP contribution in [-0.2, 0) is 10.4 Å². The number of fused-ring (bicyclic) bond motifs is 1. The van der Waals surface area contributed by atoms with Crippen molar-refractivity contribution in [3.8, 4) is 5.75 Å². The van der Waals surface area contributed by atoms with Crippen molar-refractivity contribution >= 4 is 33.3 Å². The summed E-state index contributed by atoms with van der Waals surface area (Å²) in [7, 11) is 1.51. The van der Waals surface area contributed by atoms with Crippen molar-refractivity contribution in [1.29, 1.82) is 0 Å². The molecule has 1 amide bonds. The number of Topliss-reactive ketones (excluding diaryl/α,β-unsaturated/α-hetero) is 1. The van der Waals surface area contributed by atoms with Gasteiger partial charge in [-0.05, 0) is 30.3 Å². The van der Waals surface area contributed by atoms with Crippen molar-refractivity contribution < 1.29 is 19.4 Å². The number of rotatable bonds is 6. The van der Waals surface area contributed by atoms with E-state index in [9.17, 15) is 14.7 Å². The summed E-state index contributed by atoms with van der Waals surface area (Å²) in [5, 5.41) is 11.2. The number of halogens is 1. The zero-order chi connectivity index (χ0) is 18.9. The van der Waals surface area contributed by atoms with Crippen molar-refractivity contribution in [2.24, 2.45) is 0 Å². The fourth-order valence-corrected chi connectivity index (χ4v) is 3.50. The van der Waals surface area contributed by atoms with E-state index in [-0.39, 0.29) is 18.7 Å². The summed E-state index contributed by atoms with van der Waals surface area (Å²) in [6.45, 7) is 3.91. The standard InChI is InChI=1S/C20H18BrNO4/c1-3-9-22-17-8-7-14(21)11-16(17)20(25,19(22)24)12-18(23)13-5-4-6-15(10-13)26-2/h3-8,10-11,25H,1,9,12H2,2H3/t20-/m0/s1. The number of carbonyl (C=O) groups is 2. The molecule has 26 heavy (non-hydrogen) atoms. The molecule has 0 unspecified atom stereocenters. The molecule has 0 saturated heterocycles. The monoisotopic (exact) mass is 415 g/mol. The number of ketones is 1. The lowest BCUT2D eigenvalue weighted by atomic mass is 9.88. The van der Waals surface area contributed by atoms with E-state index in [0.29, 0.717) is 22.6 Å². The van der Waals surface area contributed by atoms with Crippen LogP contribution in [0, 0.1) is 0 Å². The van der Waals surface area contributed by atoms with Crippen LogP contribution in [0.2, 0.25) is 0 Å². The van der Waals surface area contributed by atoms with E-state index in [4.69, 9.17) is 4.74 Å². The Bertz CT molecular complexity index is 895. The Labute approximate surface area is 160 Å². The van der Waals surface area contributed by atoms with Gasteiger partial charge in [-0.2, -0.15) is 0 Å². The van der Waals surface area contributed by atoms with Crippen LogP contribution in [-0.4, -0.2) is 30.5 Å². The zero-order valence-electron chi connectivity index (χ0n) is 14.2. The molecule has 0 spiro atoms. The van der Waals surface area contributed by atoms with Crippen molar-refractivity contribution in [2.45, 2.75) is 12.0 Å². The number of carbonyl (C=O) groups excluding carboxylic acids is 2. The highest BCUT2D eigenvalue weighted by Crippen LogP contribution is 2.44. The van der Waals surface area contributed by atoms with Crippen molar-refractivity contribution in [1.82, 2.24) is 0 Å². The van der Waals surface area contributed by atoms with Crippen LogP contribution < -0.4 is 9.64 Å². The van der Waals surface area contributed by atoms with E-state index in [1.165, 1.54) is 12.0 Å². The Morgan fingerprint density at radius 2 is 2.12 bits per heavy atom. The number of aliphatic hydroxyl groups is 1. The summed E-state index contributed by atoms with van der Waals surface area (Å²) in [6, 6.07) is 11.9. The van der Waals surface area contributed by atoms with Gasteiger partial charge in [0, 0.05) is 22.1 Å². The number of amides is 1. The van der Waals surface area contributed by atoms with Crippen LogP contribution in [0.5, 0.6) is 5.75 Å². The predicted octanol–water partition coefficient (Wildman–Crippen LogP) is 3.45. The van der Waals surface area contributed by atoms with E-state index in [2.05, 4.69) is 22.5 Å². The second-order valence-electron chi connectivity index (χ2n) is 6.06. The lowest BCUT2D eigenvalue weighted by Crippen LogP contribution is -2.41. The van der Waals surface area contributed by atoms with Gasteiger partial charge in [0.15, 0.2) is 11.4 Å². The maximum atomic E-state index is 12.9. The summed E-state index contributed by atoms with van der Waals surface area (Å²) in [5.74, 6) is -0.329. The normalized spacial score (nSPS) is 18.6. The van der Waals surface area contributed by atoms with E-state index in [1.54, 1.807) is 48.5 Å². The Kier molecular flexibility index (Phi) is 4.98. The summed E-state index contributed by atoms with van der Waals surface area (Å²) < 4.78 is 5.85. The van der Waals surface area contributed by atoms with Gasteiger partial charge in [-0.3, -0.25) is 9.59 Å². The van der Waals surface area contributed by atoms with E-state index in [1.807, 2.05) is 0 Å². The van der Waals surface area contributed by atoms with Crippen LogP contribution in [0.15, 0.2) is 59.6 Å². The third-order valence-corrected chi connectivity index (χ3v) is 4.91. The molecule has 1 heterocycles. The number of ether oxygens (including phenoxy) is 1. The highest BCUT2D eigenvalue weighted by molar-refractivity contribution is 9.10. The van der Waals surface area contributed by atoms with Gasteiger partial charge in [-0.15, -0.1) is 6.58 Å². The van der Waals surface area contributed by atoms with Gasteiger partial charge in [0.05, 0.1) is 19.2 Å². The molecule has 1 atom stereocenters. The largest absolute Gasteiger partial charge is 0.497 e. The molecule has 1 aliphatic rings. The molecule has 0 aromatic heterocycles. The third-order valence-electron chi connectivity index (χ3n) is 4.41. The van der Waals surface area contributed by atoms with E-state index >= 15 is 0 Å². The van der Waals surface area contributed by atoms with Crippen molar-refractivity contribution in [3.63, 3.8) is 0 Å². The quantitative estimate of drug-likeness (QED) is 0.579. The molecule has 3 rings (SSSR count). The number of benzene rings is 2. The first-order chi connectivity index (χ1) is 12.4. The highest BCUT2D eigenvalue weighted by atomic mass is 79.9. The Balaban J connectivity index is 2.00. The van der Waals surface area contributed by atoms with Gasteiger partial charge in [-0.1, -0.05) is 34.1 Å². The van der Waals surface area contributed by atoms with Crippen molar-refractivity contribution in [3.05, 3.63) is 70.7 Å². The summed E-state index contributed by atoms with van der Waals surface area (Å²) in [4.78, 5) is 27.1. The van der Waals surface area contributed by atoms with Crippen LogP contribution in [0.4, 0.5) is 5.69 Å². The summed E-state index contributed by atoms with van der Waals surface area (Å²) >= 11 is 3.36. The molecule has 6 heteroatoms. The molecule has 5 nitrogen and oxygen atoms in total. The van der Waals surface area contributed by atoms with Crippen LogP contribution in [0.25, 0.3) is 0 Å². The zero-order valence-corrected chi connectivity index (χ0v) is 15.8. The van der Waals surface area contributed by atoms with Crippen molar-refractivity contribution in [2.75, 3.05) is 18.6 Å². The molecule has 1 aliphatic heterocycles. The fraction of sp³-hybridized carbons (Fsp3) is 0.200. The molecule has 0 saturated carbocycles. The van der Waals surface area contributed by atoms with Gasteiger partial charge < -0.3 is 14.7 Å². The molecule has 0 fully saturated rings. The fourth-order valence-electron chi connectivity index (χ4n) is 3.13. The number of methoxy groups -OCH3 is 1. The molecule has 0 bridgehead atoms. The molecule has 0 radical (unpaired) electrons. The number of hydrogen-bond acceptors (Lipinski definition) is 4. The second-order valence-corrected chi connectivity index (χ2v) is 6.97. The van der Waals surface area contributed by atoms with E-state index < -0.39 is 11.5 Å². The molecule has 2 aromatic rings. The summed E-state index contributed by atoms with van der Waals surface area (Å²) in [6.07, 6.45) is 1.23. The topological polar surface area (TPSA) is 66.8 Å². The van der Waals surface area contributed by atoms with Gasteiger partial charge >= 0.3 is 0 Å².